The Balaban J connectivity index is 0.00000133. The van der Waals surface area contributed by atoms with Crippen molar-refractivity contribution in [1.29, 1.82) is 0 Å². The molecular weight excluding hydrogens is 256 g/mol. The van der Waals surface area contributed by atoms with Crippen molar-refractivity contribution in [2.45, 2.75) is 76.3 Å². The lowest BCUT2D eigenvalue weighted by molar-refractivity contribution is 0.0463. The van der Waals surface area contributed by atoms with Gasteiger partial charge in [-0.15, -0.1) is 12.4 Å². The van der Waals surface area contributed by atoms with Crippen LogP contribution in [-0.4, -0.2) is 48.1 Å². The first-order valence-corrected chi connectivity index (χ1v) is 8.41. The maximum Gasteiger partial charge on any atom is 0.0113 e. The number of nitrogens with zero attached hydrogens (tertiary/aromatic N) is 2. The van der Waals surface area contributed by atoms with Crippen molar-refractivity contribution < 1.29 is 0 Å². The second-order valence-corrected chi connectivity index (χ2v) is 6.66. The smallest absolute Gasteiger partial charge is 0.0113 e. The monoisotopic (exact) mass is 286 g/mol. The van der Waals surface area contributed by atoms with Crippen molar-refractivity contribution in [3.63, 3.8) is 0 Å². The van der Waals surface area contributed by atoms with Crippen LogP contribution in [0.25, 0.3) is 0 Å². The van der Waals surface area contributed by atoms with E-state index >= 15 is 0 Å². The van der Waals surface area contributed by atoms with Crippen LogP contribution >= 0.6 is 12.4 Å². The predicted molar refractivity (Wildman–Crippen MR) is 84.1 cm³/mol. The predicted octanol–water partition coefficient (Wildman–Crippen LogP) is 3.69. The summed E-state index contributed by atoms with van der Waals surface area (Å²) >= 11 is 0. The van der Waals surface area contributed by atoms with E-state index in [1.807, 2.05) is 0 Å². The van der Waals surface area contributed by atoms with Crippen LogP contribution in [0.5, 0.6) is 0 Å². The molecule has 0 unspecified atom stereocenters. The highest BCUT2D eigenvalue weighted by Crippen LogP contribution is 2.26. The van der Waals surface area contributed by atoms with Crippen LogP contribution in [0.2, 0.25) is 0 Å². The summed E-state index contributed by atoms with van der Waals surface area (Å²) in [6, 6.07) is 1.87. The highest BCUT2D eigenvalue weighted by Gasteiger charge is 2.28. The molecule has 0 aromatic rings. The zero-order valence-corrected chi connectivity index (χ0v) is 13.2. The minimum absolute atomic E-state index is 0. The lowest BCUT2D eigenvalue weighted by Gasteiger charge is -2.44. The van der Waals surface area contributed by atoms with Crippen molar-refractivity contribution in [1.82, 2.24) is 9.80 Å². The zero-order valence-electron chi connectivity index (χ0n) is 12.4. The molecule has 0 amide bonds. The van der Waals surface area contributed by atoms with Crippen LogP contribution in [0, 0.1) is 0 Å². The first kappa shape index (κ1) is 15.6. The van der Waals surface area contributed by atoms with Gasteiger partial charge in [0, 0.05) is 38.3 Å². The van der Waals surface area contributed by atoms with Gasteiger partial charge in [-0.05, 0) is 25.7 Å². The third-order valence-corrected chi connectivity index (χ3v) is 5.53. The van der Waals surface area contributed by atoms with Crippen LogP contribution in [-0.2, 0) is 0 Å². The van der Waals surface area contributed by atoms with Gasteiger partial charge < -0.3 is 0 Å². The highest BCUT2D eigenvalue weighted by molar-refractivity contribution is 5.85. The van der Waals surface area contributed by atoms with E-state index in [1.165, 1.54) is 90.4 Å². The number of hydrogen-bond donors (Lipinski definition) is 0. The topological polar surface area (TPSA) is 6.48 Å². The lowest BCUT2D eigenvalue weighted by Crippen LogP contribution is -2.53. The summed E-state index contributed by atoms with van der Waals surface area (Å²) in [4.78, 5) is 5.61. The Morgan fingerprint density at radius 3 is 1.11 bits per heavy atom. The van der Waals surface area contributed by atoms with Gasteiger partial charge in [0.1, 0.15) is 0 Å². The van der Waals surface area contributed by atoms with Crippen LogP contribution in [0.4, 0.5) is 0 Å². The van der Waals surface area contributed by atoms with Crippen LogP contribution in [0.1, 0.15) is 64.2 Å². The standard InChI is InChI=1S/C16H30N2.ClH/c1-3-7-15(8-4-1)17-11-13-18(14-12-17)16-9-5-2-6-10-16;/h15-16H,1-14H2;1H. The molecule has 0 aromatic heterocycles. The van der Waals surface area contributed by atoms with E-state index in [1.54, 1.807) is 0 Å². The molecule has 0 radical (unpaired) electrons. The lowest BCUT2D eigenvalue weighted by atomic mass is 9.92. The van der Waals surface area contributed by atoms with Gasteiger partial charge in [-0.25, -0.2) is 0 Å². The van der Waals surface area contributed by atoms with Gasteiger partial charge in [-0.3, -0.25) is 9.80 Å². The van der Waals surface area contributed by atoms with Gasteiger partial charge in [0.15, 0.2) is 0 Å². The van der Waals surface area contributed by atoms with E-state index < -0.39 is 0 Å². The van der Waals surface area contributed by atoms with E-state index in [2.05, 4.69) is 9.80 Å². The molecule has 1 saturated heterocycles. The molecular formula is C16H31ClN2. The van der Waals surface area contributed by atoms with E-state index in [4.69, 9.17) is 0 Å². The summed E-state index contributed by atoms with van der Waals surface area (Å²) in [5.74, 6) is 0. The summed E-state index contributed by atoms with van der Waals surface area (Å²) in [6.07, 6.45) is 14.8. The Labute approximate surface area is 125 Å². The fourth-order valence-corrected chi connectivity index (χ4v) is 4.36. The molecule has 3 fully saturated rings. The van der Waals surface area contributed by atoms with Crippen molar-refractivity contribution in [3.05, 3.63) is 0 Å². The molecule has 3 aliphatic rings. The summed E-state index contributed by atoms with van der Waals surface area (Å²) in [6.45, 7) is 5.39. The molecule has 112 valence electrons. The molecule has 1 heterocycles. The molecule has 1 aliphatic heterocycles. The number of hydrogen-bond acceptors (Lipinski definition) is 2. The normalized spacial score (nSPS) is 29.1. The molecule has 19 heavy (non-hydrogen) atoms. The minimum atomic E-state index is 0. The number of halogens is 1. The summed E-state index contributed by atoms with van der Waals surface area (Å²) < 4.78 is 0. The van der Waals surface area contributed by atoms with Gasteiger partial charge in [-0.1, -0.05) is 38.5 Å². The van der Waals surface area contributed by atoms with Crippen LogP contribution in [0.3, 0.4) is 0 Å². The SMILES string of the molecule is C1CCC(N2CCN(C3CCCCC3)CC2)CC1.Cl. The number of piperazine rings is 1. The molecule has 2 saturated carbocycles. The molecule has 0 N–H and O–H groups in total. The van der Waals surface area contributed by atoms with Gasteiger partial charge in [0.25, 0.3) is 0 Å². The highest BCUT2D eigenvalue weighted by atomic mass is 35.5. The maximum absolute atomic E-state index is 2.80. The van der Waals surface area contributed by atoms with Gasteiger partial charge in [0.05, 0.1) is 0 Å². The van der Waals surface area contributed by atoms with E-state index in [-0.39, 0.29) is 12.4 Å². The number of rotatable bonds is 2. The summed E-state index contributed by atoms with van der Waals surface area (Å²) in [5.41, 5.74) is 0. The first-order chi connectivity index (χ1) is 8.93. The molecule has 3 rings (SSSR count). The first-order valence-electron chi connectivity index (χ1n) is 8.41. The molecule has 2 aliphatic carbocycles. The Morgan fingerprint density at radius 1 is 0.474 bits per heavy atom. The molecule has 0 atom stereocenters. The summed E-state index contributed by atoms with van der Waals surface area (Å²) in [7, 11) is 0. The van der Waals surface area contributed by atoms with E-state index in [0.717, 1.165) is 12.1 Å². The third-order valence-electron chi connectivity index (χ3n) is 5.53. The van der Waals surface area contributed by atoms with E-state index in [0.29, 0.717) is 0 Å². The van der Waals surface area contributed by atoms with Crippen molar-refractivity contribution in [2.24, 2.45) is 0 Å². The fraction of sp³-hybridized carbons (Fsp3) is 1.00. The minimum Gasteiger partial charge on any atom is -0.298 e. The van der Waals surface area contributed by atoms with E-state index in [9.17, 15) is 0 Å². The zero-order chi connectivity index (χ0) is 12.2. The Morgan fingerprint density at radius 2 is 0.789 bits per heavy atom. The quantitative estimate of drug-likeness (QED) is 0.764. The largest absolute Gasteiger partial charge is 0.298 e. The average molecular weight is 287 g/mol. The van der Waals surface area contributed by atoms with Gasteiger partial charge >= 0.3 is 0 Å². The molecule has 0 spiro atoms. The third kappa shape index (κ3) is 4.09. The molecule has 0 aromatic carbocycles. The van der Waals surface area contributed by atoms with Gasteiger partial charge in [0.2, 0.25) is 0 Å². The van der Waals surface area contributed by atoms with Crippen LogP contribution in [0.15, 0.2) is 0 Å². The Hall–Kier alpha value is 0.210. The molecule has 2 nitrogen and oxygen atoms in total. The maximum atomic E-state index is 2.80. The fourth-order valence-electron chi connectivity index (χ4n) is 4.36. The van der Waals surface area contributed by atoms with Crippen molar-refractivity contribution >= 4 is 12.4 Å². The molecule has 0 bridgehead atoms. The summed E-state index contributed by atoms with van der Waals surface area (Å²) in [5, 5.41) is 0. The Kier molecular flexibility index (Phi) is 6.44. The molecule has 3 heteroatoms. The average Bonchev–Trinajstić information content (AvgIpc) is 2.49. The second kappa shape index (κ2) is 7.85. The van der Waals surface area contributed by atoms with Crippen LogP contribution < -0.4 is 0 Å². The Bertz CT molecular complexity index is 213. The van der Waals surface area contributed by atoms with Gasteiger partial charge in [-0.2, -0.15) is 0 Å². The van der Waals surface area contributed by atoms with Crippen molar-refractivity contribution in [3.8, 4) is 0 Å². The van der Waals surface area contributed by atoms with Crippen molar-refractivity contribution in [2.75, 3.05) is 26.2 Å². The second-order valence-electron chi connectivity index (χ2n) is 6.66.